The lowest BCUT2D eigenvalue weighted by Crippen LogP contribution is -2.70. The summed E-state index contributed by atoms with van der Waals surface area (Å²) in [4.78, 5) is 28.6. The van der Waals surface area contributed by atoms with Gasteiger partial charge in [0, 0.05) is 52.0 Å². The second-order valence-electron chi connectivity index (χ2n) is 12.2. The van der Waals surface area contributed by atoms with Crippen LogP contribution in [-0.4, -0.2) is 48.9 Å². The van der Waals surface area contributed by atoms with E-state index < -0.39 is 5.91 Å². The van der Waals surface area contributed by atoms with Crippen molar-refractivity contribution in [3.05, 3.63) is 97.3 Å². The predicted octanol–water partition coefficient (Wildman–Crippen LogP) is 4.23. The van der Waals surface area contributed by atoms with E-state index in [4.69, 9.17) is 14.3 Å². The molecule has 0 unspecified atom stereocenters. The molecule has 2 aromatic heterocycles. The molecule has 0 bridgehead atoms. The second kappa shape index (κ2) is 9.71. The fourth-order valence-electron chi connectivity index (χ4n) is 8.47. The van der Waals surface area contributed by atoms with Crippen LogP contribution in [0, 0.1) is 13.8 Å². The third-order valence-electron chi connectivity index (χ3n) is 10.4. The lowest BCUT2D eigenvalue weighted by Gasteiger charge is -2.38. The van der Waals surface area contributed by atoms with Crippen LogP contribution in [0.25, 0.3) is 30.4 Å². The normalized spacial score (nSPS) is 20.4. The minimum absolute atomic E-state index is 0.184. The van der Waals surface area contributed by atoms with E-state index in [-0.39, 0.29) is 12.1 Å². The molecule has 0 N–H and O–H groups in total. The van der Waals surface area contributed by atoms with E-state index in [1.165, 1.54) is 91.0 Å². The third kappa shape index (κ3) is 3.19. The van der Waals surface area contributed by atoms with E-state index in [0.29, 0.717) is 12.8 Å². The van der Waals surface area contributed by atoms with Crippen LogP contribution in [-0.2, 0) is 25.0 Å². The maximum absolute atomic E-state index is 12.4. The average Bonchev–Trinajstić information content (AvgIpc) is 3.67. The van der Waals surface area contributed by atoms with Crippen LogP contribution in [0.2, 0.25) is 0 Å². The molecule has 0 fully saturated rings. The monoisotopic (exact) mass is 600 g/mol. The highest BCUT2D eigenvalue weighted by atomic mass is 16.5. The van der Waals surface area contributed by atoms with Crippen LogP contribution in [0.4, 0.5) is 0 Å². The lowest BCUT2D eigenvalue weighted by molar-refractivity contribution is -0.837. The summed E-state index contributed by atoms with van der Waals surface area (Å²) in [6.45, 7) is 19.7. The number of hydrogen-bond donors (Lipinski definition) is 0. The van der Waals surface area contributed by atoms with Crippen molar-refractivity contribution < 1.29 is 28.3 Å². The van der Waals surface area contributed by atoms with Crippen LogP contribution in [0.3, 0.4) is 0 Å². The molecule has 6 aliphatic heterocycles. The molecule has 0 aliphatic carbocycles. The zero-order valence-corrected chi connectivity index (χ0v) is 26.6. The molecule has 0 saturated heterocycles. The number of esters is 1. The molecule has 45 heavy (non-hydrogen) atoms. The number of nitrogens with zero attached hydrogens (tertiary/aromatic N) is 4. The van der Waals surface area contributed by atoms with Gasteiger partial charge < -0.3 is 4.74 Å². The first kappa shape index (κ1) is 28.7. The van der Waals surface area contributed by atoms with Crippen LogP contribution < -0.4 is 10.7 Å². The molecular formula is C37H36N4O4+2. The van der Waals surface area contributed by atoms with Crippen molar-refractivity contribution in [3.8, 4) is 0 Å². The summed E-state index contributed by atoms with van der Waals surface area (Å²) in [5.74, 6) is -0.920. The summed E-state index contributed by atoms with van der Waals surface area (Å²) in [6, 6.07) is 0. The molecule has 0 aromatic carbocycles. The molecular weight excluding hydrogens is 564 g/mol. The van der Waals surface area contributed by atoms with E-state index in [1.54, 1.807) is 0 Å². The molecule has 1 spiro atoms. The third-order valence-corrected chi connectivity index (χ3v) is 10.4. The summed E-state index contributed by atoms with van der Waals surface area (Å²) < 4.78 is 15.3. The molecule has 0 amide bonds. The number of hydrogen-bond acceptors (Lipinski definition) is 4. The Morgan fingerprint density at radius 2 is 1.53 bits per heavy atom. The number of rotatable bonds is 7. The van der Waals surface area contributed by atoms with Gasteiger partial charge in [-0.1, -0.05) is 47.8 Å². The quantitative estimate of drug-likeness (QED) is 0.352. The van der Waals surface area contributed by atoms with Crippen LogP contribution in [0.1, 0.15) is 80.1 Å². The van der Waals surface area contributed by atoms with E-state index >= 15 is 0 Å². The molecule has 8 heterocycles. The number of aromatic nitrogens is 2. The Kier molecular flexibility index (Phi) is 6.19. The Hall–Kier alpha value is -5.07. The minimum Gasteiger partial charge on any atom is -0.469 e. The van der Waals surface area contributed by atoms with Crippen molar-refractivity contribution in [2.24, 2.45) is 0 Å². The number of ether oxygens (including phenoxy) is 1. The number of carbonyl (C=O) groups is 1. The summed E-state index contributed by atoms with van der Waals surface area (Å²) in [5.41, 5.74) is 17.2. The second-order valence-corrected chi connectivity index (χ2v) is 12.2. The van der Waals surface area contributed by atoms with E-state index in [2.05, 4.69) is 90.4 Å². The predicted molar refractivity (Wildman–Crippen MR) is 172 cm³/mol. The molecule has 0 saturated carbocycles. The van der Waals surface area contributed by atoms with Gasteiger partial charge in [0.1, 0.15) is 0 Å². The summed E-state index contributed by atoms with van der Waals surface area (Å²) in [6.07, 6.45) is 16.8. The highest BCUT2D eigenvalue weighted by Crippen LogP contribution is 2.51. The molecule has 2 aromatic rings. The van der Waals surface area contributed by atoms with Crippen molar-refractivity contribution in [1.29, 1.82) is 0 Å². The van der Waals surface area contributed by atoms with Gasteiger partial charge in [-0.2, -0.15) is 18.7 Å². The molecule has 8 nitrogen and oxygen atoms in total. The SMILES string of the molecule is C=Cc1c(C)c2n3c1C=c1c(C)c(C=C)c4n1[C@@]31[N+]3=C(C=4)C(C)=C(CCC(=O)OC)C3=CC3=[N+]1C(=C2)C(C)=C3CCC.O=C=O. The average molecular weight is 601 g/mol. The van der Waals surface area contributed by atoms with Crippen molar-refractivity contribution in [2.75, 3.05) is 7.11 Å². The standard InChI is InChI=1S/C36H36N4O2.CO2/c1-9-12-25-21(6)28-15-27-19(4)23(10-2)31-16-29-20(5)24(11-3)32-17-30-22(7)26(13-14-35(41)42-8)34-18-33(25)39(28)36(37(27)31,38(29)32)40(30)34;2-1-3/h10-11,15-18H,2-3,9,12-14H2,1,4-8H3;/q+2;/t36-;/m0./s1. The topological polar surface area (TPSA) is 76.3 Å². The van der Waals surface area contributed by atoms with E-state index in [0.717, 1.165) is 18.4 Å². The molecule has 1 atom stereocenters. The molecule has 8 rings (SSSR count). The highest BCUT2D eigenvalue weighted by Gasteiger charge is 2.72. The van der Waals surface area contributed by atoms with Crippen molar-refractivity contribution in [2.45, 2.75) is 66.2 Å². The first-order valence-corrected chi connectivity index (χ1v) is 15.4. The van der Waals surface area contributed by atoms with Gasteiger partial charge in [0.25, 0.3) is 0 Å². The van der Waals surface area contributed by atoms with Crippen molar-refractivity contribution in [1.82, 2.24) is 9.13 Å². The van der Waals surface area contributed by atoms with E-state index in [1.807, 2.05) is 12.2 Å². The first-order chi connectivity index (χ1) is 21.7. The largest absolute Gasteiger partial charge is 0.553 e. The summed E-state index contributed by atoms with van der Waals surface area (Å²) >= 11 is 0. The summed E-state index contributed by atoms with van der Waals surface area (Å²) in [5, 5.41) is 2.36. The maximum Gasteiger partial charge on any atom is 0.553 e. The van der Waals surface area contributed by atoms with Gasteiger partial charge in [-0.25, -0.2) is 0 Å². The van der Waals surface area contributed by atoms with Gasteiger partial charge in [0.2, 0.25) is 22.8 Å². The van der Waals surface area contributed by atoms with Crippen molar-refractivity contribution in [3.63, 3.8) is 0 Å². The maximum atomic E-state index is 12.4. The Morgan fingerprint density at radius 1 is 0.844 bits per heavy atom. The van der Waals surface area contributed by atoms with Crippen LogP contribution >= 0.6 is 0 Å². The van der Waals surface area contributed by atoms with Gasteiger partial charge in [0.15, 0.2) is 0 Å². The highest BCUT2D eigenvalue weighted by molar-refractivity contribution is 6.20. The van der Waals surface area contributed by atoms with E-state index in [9.17, 15) is 4.79 Å². The van der Waals surface area contributed by atoms with Gasteiger partial charge in [-0.3, -0.25) is 4.79 Å². The molecule has 0 radical (unpaired) electrons. The van der Waals surface area contributed by atoms with Crippen LogP contribution in [0.15, 0.2) is 52.9 Å². The molecule has 8 heteroatoms. The minimum atomic E-state index is -0.735. The fourth-order valence-corrected chi connectivity index (χ4v) is 8.47. The molecule has 6 aliphatic rings. The van der Waals surface area contributed by atoms with Crippen molar-refractivity contribution >= 4 is 53.9 Å². The van der Waals surface area contributed by atoms with Crippen LogP contribution in [0.5, 0.6) is 0 Å². The summed E-state index contributed by atoms with van der Waals surface area (Å²) in [7, 11) is 1.47. The number of methoxy groups -OCH3 is 1. The Balaban J connectivity index is 0.00000104. The Morgan fingerprint density at radius 3 is 2.18 bits per heavy atom. The Labute approximate surface area is 261 Å². The number of carbonyl (C=O) groups excluding carboxylic acids is 3. The zero-order chi connectivity index (χ0) is 32.1. The van der Waals surface area contributed by atoms with Gasteiger partial charge >= 0.3 is 18.0 Å². The lowest BCUT2D eigenvalue weighted by atomic mass is 9.96. The first-order valence-electron chi connectivity index (χ1n) is 15.4. The van der Waals surface area contributed by atoms with Gasteiger partial charge in [-0.05, 0) is 57.7 Å². The molecule has 226 valence electrons. The smallest absolute Gasteiger partial charge is 0.469 e. The fraction of sp³-hybridized carbons (Fsp3) is 0.297. The van der Waals surface area contributed by atoms with Gasteiger partial charge in [-0.15, -0.1) is 0 Å². The Bertz CT molecular complexity index is 2210. The van der Waals surface area contributed by atoms with Gasteiger partial charge in [0.05, 0.1) is 35.3 Å². The zero-order valence-electron chi connectivity index (χ0n) is 26.6. The number of allylic oxidation sites excluding steroid dienone is 5.